The average molecular weight is 445 g/mol. The summed E-state index contributed by atoms with van der Waals surface area (Å²) in [5.41, 5.74) is 1.87. The second-order valence-corrected chi connectivity index (χ2v) is 9.53. The zero-order valence-electron chi connectivity index (χ0n) is 17.6. The fourth-order valence-corrected chi connectivity index (χ4v) is 4.01. The first-order valence-electron chi connectivity index (χ1n) is 10.4. The van der Waals surface area contributed by atoms with E-state index in [4.69, 9.17) is 4.74 Å². The van der Waals surface area contributed by atoms with Gasteiger partial charge in [-0.2, -0.15) is 0 Å². The monoisotopic (exact) mass is 444 g/mol. The molecule has 1 aliphatic rings. The molecule has 1 atom stereocenters. The van der Waals surface area contributed by atoms with Crippen molar-refractivity contribution < 1.29 is 22.7 Å². The minimum Gasteiger partial charge on any atom is -0.444 e. The number of sulfonamides is 1. The maximum atomic E-state index is 13.1. The molecule has 1 unspecified atom stereocenters. The highest BCUT2D eigenvalue weighted by molar-refractivity contribution is 7.88. The summed E-state index contributed by atoms with van der Waals surface area (Å²) in [6.07, 6.45) is 3.65. The quantitative estimate of drug-likeness (QED) is 0.632. The van der Waals surface area contributed by atoms with Crippen LogP contribution in [0.2, 0.25) is 0 Å². The molecule has 1 amide bonds. The number of piperidine rings is 1. The Labute approximate surface area is 183 Å². The largest absolute Gasteiger partial charge is 0.444 e. The normalized spacial score (nSPS) is 15.3. The molecule has 2 aromatic rings. The van der Waals surface area contributed by atoms with Crippen LogP contribution in [0, 0.1) is 0 Å². The fraction of sp³-hybridized carbons (Fsp3) is 0.391. The van der Waals surface area contributed by atoms with Crippen molar-refractivity contribution >= 4 is 21.9 Å². The van der Waals surface area contributed by atoms with E-state index in [9.17, 15) is 18.0 Å². The Morgan fingerprint density at radius 1 is 1.00 bits per heavy atom. The first-order valence-corrected chi connectivity index (χ1v) is 12.3. The van der Waals surface area contributed by atoms with E-state index in [1.54, 1.807) is 41.3 Å². The highest BCUT2D eigenvalue weighted by Gasteiger charge is 2.30. The van der Waals surface area contributed by atoms with E-state index in [2.05, 4.69) is 4.72 Å². The molecular formula is C23H28N2O5S. The van der Waals surface area contributed by atoms with Crippen molar-refractivity contribution in [2.45, 2.75) is 31.8 Å². The number of ether oxygens (including phenoxy) is 1. The number of likely N-dealkylation sites (tertiary alicyclic amines) is 1. The van der Waals surface area contributed by atoms with E-state index in [0.29, 0.717) is 30.6 Å². The van der Waals surface area contributed by atoms with E-state index in [1.165, 1.54) is 0 Å². The van der Waals surface area contributed by atoms with Crippen LogP contribution in [0.3, 0.4) is 0 Å². The number of rotatable bonds is 8. The highest BCUT2D eigenvalue weighted by Crippen LogP contribution is 2.24. The van der Waals surface area contributed by atoms with Crippen molar-refractivity contribution in [3.63, 3.8) is 0 Å². The lowest BCUT2D eigenvalue weighted by molar-refractivity contribution is -0.142. The number of hydrogen-bond acceptors (Lipinski definition) is 5. The second kappa shape index (κ2) is 10.5. The molecule has 0 bridgehead atoms. The van der Waals surface area contributed by atoms with Gasteiger partial charge in [-0.1, -0.05) is 42.5 Å². The smallest absolute Gasteiger partial charge is 0.339 e. The topological polar surface area (TPSA) is 92.8 Å². The molecule has 31 heavy (non-hydrogen) atoms. The first kappa shape index (κ1) is 23.0. The number of benzene rings is 2. The third kappa shape index (κ3) is 6.90. The molecule has 1 aliphatic heterocycles. The molecule has 1 heterocycles. The number of nitrogens with zero attached hydrogens (tertiary/aromatic N) is 1. The molecule has 0 saturated carbocycles. The van der Waals surface area contributed by atoms with E-state index in [-0.39, 0.29) is 12.5 Å². The molecule has 7 nitrogen and oxygen atoms in total. The summed E-state index contributed by atoms with van der Waals surface area (Å²) in [6.45, 7) is 1.63. The SMILES string of the molecule is CS(=O)(=O)NCCc1ccc(C(=O)OC(C(=O)N2CCCCC2)c2ccccc2)cc1. The Morgan fingerprint density at radius 3 is 2.26 bits per heavy atom. The van der Waals surface area contributed by atoms with Gasteiger partial charge in [0, 0.05) is 25.2 Å². The van der Waals surface area contributed by atoms with Gasteiger partial charge in [0.05, 0.1) is 11.8 Å². The maximum Gasteiger partial charge on any atom is 0.339 e. The summed E-state index contributed by atoms with van der Waals surface area (Å²) in [6, 6.07) is 15.8. The van der Waals surface area contributed by atoms with Gasteiger partial charge in [-0.15, -0.1) is 0 Å². The average Bonchev–Trinajstić information content (AvgIpc) is 2.77. The molecule has 1 fully saturated rings. The lowest BCUT2D eigenvalue weighted by Gasteiger charge is -2.30. The summed E-state index contributed by atoms with van der Waals surface area (Å²) in [5.74, 6) is -0.761. The van der Waals surface area contributed by atoms with Crippen LogP contribution >= 0.6 is 0 Å². The molecule has 0 spiro atoms. The van der Waals surface area contributed by atoms with Gasteiger partial charge in [0.1, 0.15) is 0 Å². The standard InChI is InChI=1S/C23H28N2O5S/c1-31(28,29)24-15-14-18-10-12-20(13-11-18)23(27)30-21(19-8-4-2-5-9-19)22(26)25-16-6-3-7-17-25/h2,4-5,8-13,21,24H,3,6-7,14-17H2,1H3. The zero-order valence-corrected chi connectivity index (χ0v) is 18.4. The molecule has 3 rings (SSSR count). The van der Waals surface area contributed by atoms with Crippen molar-refractivity contribution in [1.82, 2.24) is 9.62 Å². The molecule has 2 aromatic carbocycles. The molecule has 0 aliphatic carbocycles. The molecular weight excluding hydrogens is 416 g/mol. The van der Waals surface area contributed by atoms with Crippen molar-refractivity contribution in [2.24, 2.45) is 0 Å². The number of hydrogen-bond donors (Lipinski definition) is 1. The van der Waals surface area contributed by atoms with Crippen LogP contribution in [0.25, 0.3) is 0 Å². The Morgan fingerprint density at radius 2 is 1.65 bits per heavy atom. The van der Waals surface area contributed by atoms with Crippen LogP contribution in [0.4, 0.5) is 0 Å². The lowest BCUT2D eigenvalue weighted by atomic mass is 10.1. The van der Waals surface area contributed by atoms with Crippen LogP contribution in [0.15, 0.2) is 54.6 Å². The summed E-state index contributed by atoms with van der Waals surface area (Å²) in [4.78, 5) is 27.7. The number of esters is 1. The van der Waals surface area contributed by atoms with Gasteiger partial charge in [0.15, 0.2) is 0 Å². The van der Waals surface area contributed by atoms with E-state index < -0.39 is 22.1 Å². The van der Waals surface area contributed by atoms with Crippen LogP contribution in [-0.2, 0) is 26.0 Å². The maximum absolute atomic E-state index is 13.1. The Hall–Kier alpha value is -2.71. The minimum atomic E-state index is -3.23. The summed E-state index contributed by atoms with van der Waals surface area (Å²) in [5, 5.41) is 0. The predicted octanol–water partition coefficient (Wildman–Crippen LogP) is 2.69. The van der Waals surface area contributed by atoms with E-state index >= 15 is 0 Å². The zero-order chi connectivity index (χ0) is 22.3. The molecule has 166 valence electrons. The first-order chi connectivity index (χ1) is 14.8. The number of amides is 1. The van der Waals surface area contributed by atoms with Gasteiger partial charge >= 0.3 is 5.97 Å². The third-order valence-corrected chi connectivity index (χ3v) is 5.92. The van der Waals surface area contributed by atoms with Crippen LogP contribution < -0.4 is 4.72 Å². The Bertz CT molecular complexity index is 984. The van der Waals surface area contributed by atoms with Crippen molar-refractivity contribution in [3.8, 4) is 0 Å². The Kier molecular flexibility index (Phi) is 7.81. The van der Waals surface area contributed by atoms with E-state index in [1.807, 2.05) is 18.2 Å². The highest BCUT2D eigenvalue weighted by atomic mass is 32.2. The van der Waals surface area contributed by atoms with Gasteiger partial charge < -0.3 is 9.64 Å². The Balaban J connectivity index is 1.69. The van der Waals surface area contributed by atoms with Crippen LogP contribution in [-0.4, -0.2) is 51.1 Å². The number of nitrogens with one attached hydrogen (secondary N) is 1. The van der Waals surface area contributed by atoms with Gasteiger partial charge in [0.2, 0.25) is 16.1 Å². The molecule has 8 heteroatoms. The lowest BCUT2D eigenvalue weighted by Crippen LogP contribution is -2.40. The minimum absolute atomic E-state index is 0.192. The third-order valence-electron chi connectivity index (χ3n) is 5.19. The summed E-state index contributed by atoms with van der Waals surface area (Å²) < 4.78 is 30.4. The van der Waals surface area contributed by atoms with Gasteiger partial charge in [-0.25, -0.2) is 17.9 Å². The van der Waals surface area contributed by atoms with E-state index in [0.717, 1.165) is 31.1 Å². The molecule has 0 aromatic heterocycles. The molecule has 1 N–H and O–H groups in total. The van der Waals surface area contributed by atoms with Gasteiger partial charge in [-0.05, 0) is 43.4 Å². The number of carbonyl (C=O) groups is 2. The van der Waals surface area contributed by atoms with Crippen molar-refractivity contribution in [3.05, 3.63) is 71.3 Å². The number of carbonyl (C=O) groups excluding carboxylic acids is 2. The van der Waals surface area contributed by atoms with Crippen LogP contribution in [0.5, 0.6) is 0 Å². The van der Waals surface area contributed by atoms with Crippen LogP contribution in [0.1, 0.15) is 46.9 Å². The molecule has 0 radical (unpaired) electrons. The summed E-state index contributed by atoms with van der Waals surface area (Å²) >= 11 is 0. The predicted molar refractivity (Wildman–Crippen MR) is 118 cm³/mol. The second-order valence-electron chi connectivity index (χ2n) is 7.70. The van der Waals surface area contributed by atoms with Gasteiger partial charge in [-0.3, -0.25) is 4.79 Å². The van der Waals surface area contributed by atoms with Crippen molar-refractivity contribution in [1.29, 1.82) is 0 Å². The van der Waals surface area contributed by atoms with Gasteiger partial charge in [0.25, 0.3) is 5.91 Å². The van der Waals surface area contributed by atoms with Crippen molar-refractivity contribution in [2.75, 3.05) is 25.9 Å². The fourth-order valence-electron chi connectivity index (χ4n) is 3.53. The summed E-state index contributed by atoms with van der Waals surface area (Å²) in [7, 11) is -3.23. The molecule has 1 saturated heterocycles.